The Morgan fingerprint density at radius 3 is 2.96 bits per heavy atom. The fourth-order valence-corrected chi connectivity index (χ4v) is 1.97. The first kappa shape index (κ1) is 16.3. The van der Waals surface area contributed by atoms with E-state index in [9.17, 15) is 9.59 Å². The van der Waals surface area contributed by atoms with Gasteiger partial charge >= 0.3 is 0 Å². The Morgan fingerprint density at radius 2 is 2.22 bits per heavy atom. The molecule has 0 saturated heterocycles. The van der Waals surface area contributed by atoms with E-state index in [0.717, 1.165) is 0 Å². The van der Waals surface area contributed by atoms with Gasteiger partial charge in [-0.05, 0) is 19.1 Å². The van der Waals surface area contributed by atoms with Gasteiger partial charge in [0.2, 0.25) is 5.88 Å². The number of terminal acetylenes is 1. The molecule has 0 saturated carbocycles. The summed E-state index contributed by atoms with van der Waals surface area (Å²) in [4.78, 5) is 28.2. The van der Waals surface area contributed by atoms with Crippen LogP contribution in [0.4, 0.5) is 0 Å². The number of carbonyl (C=O) groups excluding carboxylic acids is 1. The molecule has 0 spiro atoms. The van der Waals surface area contributed by atoms with E-state index in [1.807, 2.05) is 13.0 Å². The molecular formula is C17H17N3O3. The van der Waals surface area contributed by atoms with Crippen molar-refractivity contribution >= 4 is 5.91 Å². The lowest BCUT2D eigenvalue weighted by molar-refractivity contribution is 0.0958. The van der Waals surface area contributed by atoms with Crippen molar-refractivity contribution in [2.75, 3.05) is 13.2 Å². The molecule has 0 fully saturated rings. The summed E-state index contributed by atoms with van der Waals surface area (Å²) in [7, 11) is 0. The molecule has 0 atom stereocenters. The maximum Gasteiger partial charge on any atom is 0.253 e. The number of amides is 1. The normalized spacial score (nSPS) is 9.91. The van der Waals surface area contributed by atoms with E-state index in [1.165, 1.54) is 22.9 Å². The molecule has 6 nitrogen and oxygen atoms in total. The summed E-state index contributed by atoms with van der Waals surface area (Å²) in [6.45, 7) is 2.77. The van der Waals surface area contributed by atoms with E-state index in [1.54, 1.807) is 12.1 Å². The highest BCUT2D eigenvalue weighted by atomic mass is 16.5. The van der Waals surface area contributed by atoms with Gasteiger partial charge in [-0.1, -0.05) is 12.0 Å². The highest BCUT2D eigenvalue weighted by molar-refractivity contribution is 5.93. The minimum atomic E-state index is -0.326. The predicted octanol–water partition coefficient (Wildman–Crippen LogP) is 1.05. The molecule has 2 aromatic heterocycles. The molecule has 118 valence electrons. The second-order valence-electron chi connectivity index (χ2n) is 4.67. The van der Waals surface area contributed by atoms with E-state index in [0.29, 0.717) is 23.7 Å². The van der Waals surface area contributed by atoms with Crippen LogP contribution in [0.1, 0.15) is 23.0 Å². The van der Waals surface area contributed by atoms with Crippen LogP contribution in [0.5, 0.6) is 5.88 Å². The van der Waals surface area contributed by atoms with Crippen molar-refractivity contribution in [1.82, 2.24) is 14.9 Å². The zero-order valence-electron chi connectivity index (χ0n) is 12.8. The van der Waals surface area contributed by atoms with E-state index < -0.39 is 0 Å². The number of hydrogen-bond acceptors (Lipinski definition) is 4. The van der Waals surface area contributed by atoms with Crippen molar-refractivity contribution in [2.45, 2.75) is 13.5 Å². The molecule has 0 aromatic carbocycles. The molecule has 6 heteroatoms. The SMILES string of the molecule is C#CCNC(=O)c1ccc(=O)n(Cc2cccc(OCC)n2)c1. The summed E-state index contributed by atoms with van der Waals surface area (Å²) in [5.74, 6) is 2.50. The molecule has 2 aromatic rings. The van der Waals surface area contributed by atoms with Gasteiger partial charge in [-0.15, -0.1) is 6.42 Å². The van der Waals surface area contributed by atoms with Crippen molar-refractivity contribution in [3.8, 4) is 18.2 Å². The van der Waals surface area contributed by atoms with Crippen LogP contribution in [-0.2, 0) is 6.54 Å². The molecule has 2 rings (SSSR count). The first-order valence-corrected chi connectivity index (χ1v) is 7.15. The summed E-state index contributed by atoms with van der Waals surface area (Å²) in [6, 6.07) is 8.16. The lowest BCUT2D eigenvalue weighted by Crippen LogP contribution is -2.27. The Morgan fingerprint density at radius 1 is 1.39 bits per heavy atom. The van der Waals surface area contributed by atoms with E-state index in [4.69, 9.17) is 11.2 Å². The summed E-state index contributed by atoms with van der Waals surface area (Å²) in [5.41, 5.74) is 0.808. The third-order valence-corrected chi connectivity index (χ3v) is 3.00. The molecule has 2 heterocycles. The van der Waals surface area contributed by atoms with Crippen LogP contribution in [0.25, 0.3) is 0 Å². The summed E-state index contributed by atoms with van der Waals surface area (Å²) in [6.07, 6.45) is 6.60. The third-order valence-electron chi connectivity index (χ3n) is 3.00. The lowest BCUT2D eigenvalue weighted by atomic mass is 10.2. The maximum absolute atomic E-state index is 12.0. The van der Waals surface area contributed by atoms with Gasteiger partial charge in [-0.3, -0.25) is 9.59 Å². The number of hydrogen-bond donors (Lipinski definition) is 1. The van der Waals surface area contributed by atoms with E-state index in [2.05, 4.69) is 16.2 Å². The molecular weight excluding hydrogens is 294 g/mol. The van der Waals surface area contributed by atoms with Crippen LogP contribution in [0, 0.1) is 12.3 Å². The predicted molar refractivity (Wildman–Crippen MR) is 86.4 cm³/mol. The molecule has 23 heavy (non-hydrogen) atoms. The Bertz CT molecular complexity index is 790. The maximum atomic E-state index is 12.0. The van der Waals surface area contributed by atoms with Crippen LogP contribution < -0.4 is 15.6 Å². The standard InChI is InChI=1S/C17H17N3O3/c1-3-10-18-17(22)13-8-9-16(21)20(11-13)12-14-6-5-7-15(19-14)23-4-2/h1,5-9,11H,4,10,12H2,2H3,(H,18,22). The van der Waals surface area contributed by atoms with E-state index in [-0.39, 0.29) is 24.6 Å². The molecule has 1 N–H and O–H groups in total. The minimum absolute atomic E-state index is 0.135. The summed E-state index contributed by atoms with van der Waals surface area (Å²) >= 11 is 0. The summed E-state index contributed by atoms with van der Waals surface area (Å²) < 4.78 is 6.76. The average Bonchev–Trinajstić information content (AvgIpc) is 2.55. The fraction of sp³-hybridized carbons (Fsp3) is 0.235. The zero-order valence-corrected chi connectivity index (χ0v) is 12.8. The first-order valence-electron chi connectivity index (χ1n) is 7.15. The number of carbonyl (C=O) groups is 1. The zero-order chi connectivity index (χ0) is 16.7. The van der Waals surface area contributed by atoms with Gasteiger partial charge in [0.1, 0.15) is 0 Å². The number of nitrogens with zero attached hydrogens (tertiary/aromatic N) is 2. The molecule has 0 aliphatic rings. The van der Waals surface area contributed by atoms with Crippen molar-refractivity contribution in [2.24, 2.45) is 0 Å². The highest BCUT2D eigenvalue weighted by Crippen LogP contribution is 2.08. The van der Waals surface area contributed by atoms with Crippen molar-refractivity contribution in [3.63, 3.8) is 0 Å². The third kappa shape index (κ3) is 4.45. The number of ether oxygens (including phenoxy) is 1. The van der Waals surface area contributed by atoms with Gasteiger partial charge in [0.25, 0.3) is 11.5 Å². The van der Waals surface area contributed by atoms with Crippen molar-refractivity contribution in [3.05, 3.63) is 58.1 Å². The Hall–Kier alpha value is -3.07. The van der Waals surface area contributed by atoms with Crippen LogP contribution in [0.3, 0.4) is 0 Å². The van der Waals surface area contributed by atoms with Crippen LogP contribution in [-0.4, -0.2) is 28.6 Å². The van der Waals surface area contributed by atoms with Crippen molar-refractivity contribution < 1.29 is 9.53 Å². The van der Waals surface area contributed by atoms with Gasteiger partial charge in [-0.2, -0.15) is 0 Å². The van der Waals surface area contributed by atoms with Crippen LogP contribution >= 0.6 is 0 Å². The van der Waals surface area contributed by atoms with Crippen LogP contribution in [0.2, 0.25) is 0 Å². The number of nitrogens with one attached hydrogen (secondary N) is 1. The number of aromatic nitrogens is 2. The van der Waals surface area contributed by atoms with Gasteiger partial charge in [0, 0.05) is 18.3 Å². The monoisotopic (exact) mass is 311 g/mol. The molecule has 1 amide bonds. The average molecular weight is 311 g/mol. The highest BCUT2D eigenvalue weighted by Gasteiger charge is 2.08. The van der Waals surface area contributed by atoms with E-state index >= 15 is 0 Å². The molecule has 0 bridgehead atoms. The smallest absolute Gasteiger partial charge is 0.253 e. The second-order valence-corrected chi connectivity index (χ2v) is 4.67. The largest absolute Gasteiger partial charge is 0.478 e. The van der Waals surface area contributed by atoms with Crippen molar-refractivity contribution in [1.29, 1.82) is 0 Å². The molecule has 0 radical (unpaired) electrons. The lowest BCUT2D eigenvalue weighted by Gasteiger charge is -2.09. The minimum Gasteiger partial charge on any atom is -0.478 e. The van der Waals surface area contributed by atoms with Gasteiger partial charge in [-0.25, -0.2) is 4.98 Å². The van der Waals surface area contributed by atoms with Gasteiger partial charge < -0.3 is 14.6 Å². The second kappa shape index (κ2) is 7.80. The Balaban J connectivity index is 2.22. The summed E-state index contributed by atoms with van der Waals surface area (Å²) in [5, 5.41) is 2.56. The van der Waals surface area contributed by atoms with Crippen LogP contribution in [0.15, 0.2) is 41.3 Å². The molecule has 0 aliphatic heterocycles. The number of rotatable bonds is 6. The first-order chi connectivity index (χ1) is 11.1. The van der Waals surface area contributed by atoms with Gasteiger partial charge in [0.15, 0.2) is 0 Å². The molecule has 0 aliphatic carbocycles. The molecule has 0 unspecified atom stereocenters. The fourth-order valence-electron chi connectivity index (χ4n) is 1.97. The van der Waals surface area contributed by atoms with Gasteiger partial charge in [0.05, 0.1) is 31.0 Å². The Kier molecular flexibility index (Phi) is 5.53. The topological polar surface area (TPSA) is 73.2 Å². The number of pyridine rings is 2. The quantitative estimate of drug-likeness (QED) is 0.810. The Labute approximate surface area is 134 Å².